The van der Waals surface area contributed by atoms with Crippen LogP contribution >= 0.6 is 11.6 Å². The number of hydrogen-bond acceptors (Lipinski definition) is 3. The minimum absolute atomic E-state index is 0.339. The highest BCUT2D eigenvalue weighted by Crippen LogP contribution is 2.35. The van der Waals surface area contributed by atoms with Crippen LogP contribution in [-0.4, -0.2) is 23.0 Å². The number of carbonyl (C=O) groups excluding carboxylic acids is 2. The van der Waals surface area contributed by atoms with Crippen LogP contribution in [0.25, 0.3) is 0 Å². The SMILES string of the molecule is Cc1ccc(C2(C(C)C(=O)O)NC(=O)NC2=O)cc1Cl. The van der Waals surface area contributed by atoms with Gasteiger partial charge in [0.05, 0.1) is 5.92 Å². The third kappa shape index (κ3) is 2.02. The van der Waals surface area contributed by atoms with Crippen LogP contribution < -0.4 is 10.6 Å². The number of urea groups is 1. The Morgan fingerprint density at radius 3 is 2.50 bits per heavy atom. The lowest BCUT2D eigenvalue weighted by molar-refractivity contribution is -0.147. The molecule has 106 valence electrons. The third-order valence-electron chi connectivity index (χ3n) is 3.54. The number of benzene rings is 1. The molecule has 6 nitrogen and oxygen atoms in total. The van der Waals surface area contributed by atoms with Crippen molar-refractivity contribution in [2.24, 2.45) is 5.92 Å². The first kappa shape index (κ1) is 14.3. The average molecular weight is 297 g/mol. The van der Waals surface area contributed by atoms with Crippen LogP contribution in [0.4, 0.5) is 4.79 Å². The zero-order valence-corrected chi connectivity index (χ0v) is 11.6. The smallest absolute Gasteiger partial charge is 0.322 e. The van der Waals surface area contributed by atoms with Crippen LogP contribution in [0.3, 0.4) is 0 Å². The van der Waals surface area contributed by atoms with Gasteiger partial charge in [-0.25, -0.2) is 4.79 Å². The van der Waals surface area contributed by atoms with Crippen LogP contribution in [0.15, 0.2) is 18.2 Å². The summed E-state index contributed by atoms with van der Waals surface area (Å²) in [6.07, 6.45) is 0. The van der Waals surface area contributed by atoms with Crippen molar-refractivity contribution < 1.29 is 19.5 Å². The van der Waals surface area contributed by atoms with E-state index in [9.17, 15) is 19.5 Å². The molecule has 0 bridgehead atoms. The van der Waals surface area contributed by atoms with Gasteiger partial charge in [0.15, 0.2) is 5.54 Å². The summed E-state index contributed by atoms with van der Waals surface area (Å²) in [7, 11) is 0. The summed E-state index contributed by atoms with van der Waals surface area (Å²) in [5, 5.41) is 14.1. The second kappa shape index (κ2) is 4.79. The van der Waals surface area contributed by atoms with Gasteiger partial charge in [-0.3, -0.25) is 14.9 Å². The summed E-state index contributed by atoms with van der Waals surface area (Å²) >= 11 is 6.03. The van der Waals surface area contributed by atoms with Crippen molar-refractivity contribution in [2.45, 2.75) is 19.4 Å². The molecule has 2 atom stereocenters. The minimum atomic E-state index is -1.65. The Balaban J connectivity index is 2.63. The summed E-state index contributed by atoms with van der Waals surface area (Å²) < 4.78 is 0. The highest BCUT2D eigenvalue weighted by Gasteiger charge is 2.54. The van der Waals surface area contributed by atoms with Crippen molar-refractivity contribution in [1.29, 1.82) is 0 Å². The van der Waals surface area contributed by atoms with Gasteiger partial charge >= 0.3 is 12.0 Å². The van der Waals surface area contributed by atoms with Gasteiger partial charge in [-0.1, -0.05) is 23.7 Å². The third-order valence-corrected chi connectivity index (χ3v) is 3.95. The lowest BCUT2D eigenvalue weighted by Gasteiger charge is -2.30. The first-order chi connectivity index (χ1) is 9.29. The molecule has 0 radical (unpaired) electrons. The summed E-state index contributed by atoms with van der Waals surface area (Å²) in [5.74, 6) is -3.04. The van der Waals surface area contributed by atoms with Gasteiger partial charge in [-0.2, -0.15) is 0 Å². The molecular formula is C13H13ClN2O4. The van der Waals surface area contributed by atoms with E-state index in [-0.39, 0.29) is 0 Å². The van der Waals surface area contributed by atoms with Gasteiger partial charge in [0.2, 0.25) is 0 Å². The summed E-state index contributed by atoms with van der Waals surface area (Å²) in [6, 6.07) is 4.04. The van der Waals surface area contributed by atoms with E-state index >= 15 is 0 Å². The first-order valence-electron chi connectivity index (χ1n) is 5.92. The van der Waals surface area contributed by atoms with Crippen LogP contribution in [0.1, 0.15) is 18.1 Å². The molecular weight excluding hydrogens is 284 g/mol. The second-order valence-corrected chi connectivity index (χ2v) is 5.15. The van der Waals surface area contributed by atoms with E-state index in [1.165, 1.54) is 13.0 Å². The Bertz CT molecular complexity index is 616. The zero-order valence-electron chi connectivity index (χ0n) is 10.9. The van der Waals surface area contributed by atoms with Gasteiger partial charge in [0.25, 0.3) is 5.91 Å². The number of carbonyl (C=O) groups is 3. The topological polar surface area (TPSA) is 95.5 Å². The number of nitrogens with one attached hydrogen (secondary N) is 2. The summed E-state index contributed by atoms with van der Waals surface area (Å²) in [5.41, 5.74) is -0.523. The van der Waals surface area contributed by atoms with Crippen LogP contribution in [0, 0.1) is 12.8 Å². The maximum atomic E-state index is 12.1. The van der Waals surface area contributed by atoms with E-state index in [2.05, 4.69) is 10.6 Å². The lowest BCUT2D eigenvalue weighted by atomic mass is 9.78. The van der Waals surface area contributed by atoms with Crippen LogP contribution in [-0.2, 0) is 15.1 Å². The van der Waals surface area contributed by atoms with Gasteiger partial charge in [0, 0.05) is 5.02 Å². The molecule has 2 rings (SSSR count). The van der Waals surface area contributed by atoms with E-state index in [0.717, 1.165) is 5.56 Å². The standard InChI is InChI=1S/C13H13ClN2O4/c1-6-3-4-8(5-9(6)14)13(7(2)10(17)18)11(19)15-12(20)16-13/h3-5,7H,1-2H3,(H,17,18)(H2,15,16,19,20). The predicted molar refractivity (Wildman–Crippen MR) is 71.3 cm³/mol. The van der Waals surface area contributed by atoms with Crippen molar-refractivity contribution in [2.75, 3.05) is 0 Å². The zero-order chi connectivity index (χ0) is 15.1. The Morgan fingerprint density at radius 1 is 1.40 bits per heavy atom. The minimum Gasteiger partial charge on any atom is -0.481 e. The predicted octanol–water partition coefficient (Wildman–Crippen LogP) is 1.40. The largest absolute Gasteiger partial charge is 0.481 e. The van der Waals surface area contributed by atoms with Crippen molar-refractivity contribution in [3.63, 3.8) is 0 Å². The number of hydrogen-bond donors (Lipinski definition) is 3. The maximum Gasteiger partial charge on any atom is 0.322 e. The normalized spacial score (nSPS) is 23.1. The molecule has 1 aliphatic heterocycles. The molecule has 1 aliphatic rings. The van der Waals surface area contributed by atoms with Crippen LogP contribution in [0.5, 0.6) is 0 Å². The Morgan fingerprint density at radius 2 is 2.05 bits per heavy atom. The molecule has 0 aromatic heterocycles. The number of amides is 3. The van der Waals surface area contributed by atoms with E-state index in [1.54, 1.807) is 19.1 Å². The van der Waals surface area contributed by atoms with Gasteiger partial charge in [-0.05, 0) is 31.0 Å². The fourth-order valence-electron chi connectivity index (χ4n) is 2.25. The first-order valence-corrected chi connectivity index (χ1v) is 6.30. The van der Waals surface area contributed by atoms with Crippen molar-refractivity contribution >= 4 is 29.5 Å². The number of halogens is 1. The molecule has 7 heteroatoms. The summed E-state index contributed by atoms with van der Waals surface area (Å²) in [6.45, 7) is 3.15. The van der Waals surface area contributed by atoms with E-state index in [1.807, 2.05) is 0 Å². The lowest BCUT2D eigenvalue weighted by Crippen LogP contribution is -2.51. The van der Waals surface area contributed by atoms with Crippen molar-refractivity contribution in [3.05, 3.63) is 34.3 Å². The molecule has 2 unspecified atom stereocenters. The second-order valence-electron chi connectivity index (χ2n) is 4.74. The summed E-state index contributed by atoms with van der Waals surface area (Å²) in [4.78, 5) is 34.9. The number of carboxylic acid groups (broad SMARTS) is 1. The van der Waals surface area contributed by atoms with E-state index in [4.69, 9.17) is 11.6 Å². The number of imide groups is 1. The Kier molecular flexibility index (Phi) is 3.43. The van der Waals surface area contributed by atoms with Crippen molar-refractivity contribution in [3.8, 4) is 0 Å². The highest BCUT2D eigenvalue weighted by molar-refractivity contribution is 6.31. The Hall–Kier alpha value is -2.08. The molecule has 1 aromatic carbocycles. The molecule has 3 N–H and O–H groups in total. The molecule has 1 saturated heterocycles. The maximum absolute atomic E-state index is 12.1. The van der Waals surface area contributed by atoms with Gasteiger partial charge in [0.1, 0.15) is 0 Å². The fraction of sp³-hybridized carbons (Fsp3) is 0.308. The number of aryl methyl sites for hydroxylation is 1. The molecule has 0 aliphatic carbocycles. The van der Waals surface area contributed by atoms with E-state index in [0.29, 0.717) is 10.6 Å². The van der Waals surface area contributed by atoms with E-state index < -0.39 is 29.4 Å². The molecule has 0 spiro atoms. The molecule has 1 heterocycles. The van der Waals surface area contributed by atoms with Crippen LogP contribution in [0.2, 0.25) is 5.02 Å². The number of rotatable bonds is 3. The molecule has 20 heavy (non-hydrogen) atoms. The number of aliphatic carboxylic acids is 1. The van der Waals surface area contributed by atoms with Gasteiger partial charge in [-0.15, -0.1) is 0 Å². The molecule has 3 amide bonds. The Labute approximate surface area is 120 Å². The fourth-order valence-corrected chi connectivity index (χ4v) is 2.43. The number of carboxylic acids is 1. The molecule has 0 saturated carbocycles. The molecule has 1 fully saturated rings. The van der Waals surface area contributed by atoms with Gasteiger partial charge < -0.3 is 10.4 Å². The average Bonchev–Trinajstić information content (AvgIpc) is 2.67. The monoisotopic (exact) mass is 296 g/mol. The highest BCUT2D eigenvalue weighted by atomic mass is 35.5. The molecule has 1 aromatic rings. The van der Waals surface area contributed by atoms with Crippen molar-refractivity contribution in [1.82, 2.24) is 10.6 Å². The quantitative estimate of drug-likeness (QED) is 0.735.